The highest BCUT2D eigenvalue weighted by Gasteiger charge is 2.36. The van der Waals surface area contributed by atoms with Crippen molar-refractivity contribution in [3.05, 3.63) is 47.8 Å². The summed E-state index contributed by atoms with van der Waals surface area (Å²) < 4.78 is 52.8. The zero-order chi connectivity index (χ0) is 15.5. The molecule has 1 aliphatic heterocycles. The second kappa shape index (κ2) is 6.58. The lowest BCUT2D eigenvalue weighted by molar-refractivity contribution is -0.140. The van der Waals surface area contributed by atoms with Crippen molar-refractivity contribution in [3.63, 3.8) is 0 Å². The van der Waals surface area contributed by atoms with E-state index in [1.54, 1.807) is 6.08 Å². The van der Waals surface area contributed by atoms with E-state index in [4.69, 9.17) is 0 Å². The second-order valence-electron chi connectivity index (χ2n) is 5.03. The summed E-state index contributed by atoms with van der Waals surface area (Å²) in [5.41, 5.74) is -1.11. The minimum atomic E-state index is -4.68. The second-order valence-corrected chi connectivity index (χ2v) is 5.03. The SMILES string of the molecule is C=CC[C@@H](c1cccc(C(F)(F)F)c1F)N1CCNCC1. The summed E-state index contributed by atoms with van der Waals surface area (Å²) in [5, 5.41) is 3.17. The summed E-state index contributed by atoms with van der Waals surface area (Å²) in [4.78, 5) is 2.00. The third-order valence-electron chi connectivity index (χ3n) is 3.68. The van der Waals surface area contributed by atoms with Crippen LogP contribution in [0, 0.1) is 5.82 Å². The van der Waals surface area contributed by atoms with E-state index in [9.17, 15) is 17.6 Å². The molecule has 1 saturated heterocycles. The van der Waals surface area contributed by atoms with Crippen LogP contribution in [0.1, 0.15) is 23.6 Å². The molecule has 0 unspecified atom stereocenters. The Kier molecular flexibility index (Phi) is 5.00. The average molecular weight is 302 g/mol. The Hall–Kier alpha value is -1.40. The van der Waals surface area contributed by atoms with E-state index in [0.717, 1.165) is 19.2 Å². The molecule has 0 bridgehead atoms. The number of halogens is 4. The van der Waals surface area contributed by atoms with Gasteiger partial charge in [0.1, 0.15) is 5.82 Å². The van der Waals surface area contributed by atoms with Crippen LogP contribution in [0.4, 0.5) is 17.6 Å². The minimum absolute atomic E-state index is 0.0895. The Morgan fingerprint density at radius 1 is 1.29 bits per heavy atom. The van der Waals surface area contributed by atoms with Crippen LogP contribution in [0.3, 0.4) is 0 Å². The molecule has 2 nitrogen and oxygen atoms in total. The van der Waals surface area contributed by atoms with E-state index in [-0.39, 0.29) is 5.56 Å². The molecule has 21 heavy (non-hydrogen) atoms. The van der Waals surface area contributed by atoms with Crippen LogP contribution in [0.5, 0.6) is 0 Å². The summed E-state index contributed by atoms with van der Waals surface area (Å²) in [5.74, 6) is -1.17. The molecule has 1 N–H and O–H groups in total. The van der Waals surface area contributed by atoms with Crippen molar-refractivity contribution in [1.82, 2.24) is 10.2 Å². The fourth-order valence-electron chi connectivity index (χ4n) is 2.65. The number of rotatable bonds is 4. The maximum absolute atomic E-state index is 14.3. The van der Waals surface area contributed by atoms with Gasteiger partial charge >= 0.3 is 6.18 Å². The Morgan fingerprint density at radius 3 is 2.52 bits per heavy atom. The molecule has 1 aromatic carbocycles. The van der Waals surface area contributed by atoms with Crippen LogP contribution in [-0.2, 0) is 6.18 Å². The van der Waals surface area contributed by atoms with E-state index in [1.807, 2.05) is 4.90 Å². The number of hydrogen-bond donors (Lipinski definition) is 1. The number of alkyl halides is 3. The summed E-state index contributed by atoms with van der Waals surface area (Å²) in [7, 11) is 0. The van der Waals surface area contributed by atoms with Crippen molar-refractivity contribution in [2.45, 2.75) is 18.6 Å². The van der Waals surface area contributed by atoms with Gasteiger partial charge in [0.25, 0.3) is 0 Å². The molecule has 0 saturated carbocycles. The Bertz CT molecular complexity index is 493. The van der Waals surface area contributed by atoms with E-state index < -0.39 is 23.6 Å². The van der Waals surface area contributed by atoms with Crippen LogP contribution < -0.4 is 5.32 Å². The lowest BCUT2D eigenvalue weighted by atomic mass is 9.98. The molecule has 2 rings (SSSR count). The minimum Gasteiger partial charge on any atom is -0.314 e. The number of hydrogen-bond acceptors (Lipinski definition) is 2. The standard InChI is InChI=1S/C15H18F4N2/c1-2-4-13(21-9-7-20-8-10-21)11-5-3-6-12(14(11)16)15(17,18)19/h2-3,5-6,13,20H,1,4,7-10H2/t13-/m0/s1. The van der Waals surface area contributed by atoms with Gasteiger partial charge in [0.05, 0.1) is 5.56 Å². The van der Waals surface area contributed by atoms with Crippen molar-refractivity contribution in [1.29, 1.82) is 0 Å². The molecule has 1 heterocycles. The van der Waals surface area contributed by atoms with Crippen LogP contribution in [0.25, 0.3) is 0 Å². The molecule has 1 atom stereocenters. The van der Waals surface area contributed by atoms with Gasteiger partial charge in [0.15, 0.2) is 0 Å². The third kappa shape index (κ3) is 3.63. The molecule has 0 radical (unpaired) electrons. The molecule has 0 spiro atoms. The lowest BCUT2D eigenvalue weighted by Gasteiger charge is -2.35. The largest absolute Gasteiger partial charge is 0.419 e. The summed E-state index contributed by atoms with van der Waals surface area (Å²) in [6.45, 7) is 6.47. The average Bonchev–Trinajstić information content (AvgIpc) is 2.45. The first-order chi connectivity index (χ1) is 9.95. The molecule has 1 fully saturated rings. The van der Waals surface area contributed by atoms with E-state index in [1.165, 1.54) is 12.1 Å². The van der Waals surface area contributed by atoms with Gasteiger partial charge in [-0.3, -0.25) is 4.90 Å². The van der Waals surface area contributed by atoms with Crippen LogP contribution in [-0.4, -0.2) is 31.1 Å². The predicted octanol–water partition coefficient (Wildman–Crippen LogP) is 3.37. The topological polar surface area (TPSA) is 15.3 Å². The first-order valence-electron chi connectivity index (χ1n) is 6.86. The molecule has 0 aromatic heterocycles. The summed E-state index contributed by atoms with van der Waals surface area (Å²) in [6, 6.07) is 3.06. The molecule has 1 aliphatic rings. The highest BCUT2D eigenvalue weighted by molar-refractivity contribution is 5.31. The highest BCUT2D eigenvalue weighted by atomic mass is 19.4. The van der Waals surface area contributed by atoms with Gasteiger partial charge < -0.3 is 5.32 Å². The van der Waals surface area contributed by atoms with Gasteiger partial charge in [-0.2, -0.15) is 13.2 Å². The monoisotopic (exact) mass is 302 g/mol. The summed E-state index contributed by atoms with van der Waals surface area (Å²) >= 11 is 0. The zero-order valence-electron chi connectivity index (χ0n) is 11.6. The molecule has 0 amide bonds. The first kappa shape index (κ1) is 16.0. The Balaban J connectivity index is 2.38. The smallest absolute Gasteiger partial charge is 0.314 e. The number of nitrogens with zero attached hydrogens (tertiary/aromatic N) is 1. The van der Waals surface area contributed by atoms with Gasteiger partial charge in [0.2, 0.25) is 0 Å². The van der Waals surface area contributed by atoms with Gasteiger partial charge in [0, 0.05) is 37.8 Å². The van der Waals surface area contributed by atoms with E-state index >= 15 is 0 Å². The van der Waals surface area contributed by atoms with Gasteiger partial charge in [-0.15, -0.1) is 6.58 Å². The Morgan fingerprint density at radius 2 is 1.95 bits per heavy atom. The fourth-order valence-corrected chi connectivity index (χ4v) is 2.65. The molecular formula is C15H18F4N2. The van der Waals surface area contributed by atoms with Crippen molar-refractivity contribution in [3.8, 4) is 0 Å². The van der Waals surface area contributed by atoms with E-state index in [2.05, 4.69) is 11.9 Å². The van der Waals surface area contributed by atoms with Gasteiger partial charge in [-0.05, 0) is 12.5 Å². The fraction of sp³-hybridized carbons (Fsp3) is 0.467. The molecule has 6 heteroatoms. The number of nitrogens with one attached hydrogen (secondary N) is 1. The molecule has 0 aliphatic carbocycles. The molecular weight excluding hydrogens is 284 g/mol. The highest BCUT2D eigenvalue weighted by Crippen LogP contribution is 2.36. The summed E-state index contributed by atoms with van der Waals surface area (Å²) in [6.07, 6.45) is -2.65. The van der Waals surface area contributed by atoms with Crippen LogP contribution >= 0.6 is 0 Å². The van der Waals surface area contributed by atoms with E-state index in [0.29, 0.717) is 19.5 Å². The van der Waals surface area contributed by atoms with Gasteiger partial charge in [-0.1, -0.05) is 18.2 Å². The maximum Gasteiger partial charge on any atom is 0.419 e. The number of benzene rings is 1. The lowest BCUT2D eigenvalue weighted by Crippen LogP contribution is -2.45. The van der Waals surface area contributed by atoms with Gasteiger partial charge in [-0.25, -0.2) is 4.39 Å². The number of piperazine rings is 1. The van der Waals surface area contributed by atoms with Crippen molar-refractivity contribution in [2.75, 3.05) is 26.2 Å². The zero-order valence-corrected chi connectivity index (χ0v) is 11.6. The van der Waals surface area contributed by atoms with Crippen molar-refractivity contribution in [2.24, 2.45) is 0 Å². The first-order valence-corrected chi connectivity index (χ1v) is 6.86. The van der Waals surface area contributed by atoms with Crippen molar-refractivity contribution < 1.29 is 17.6 Å². The Labute approximate surface area is 121 Å². The predicted molar refractivity (Wildman–Crippen MR) is 73.4 cm³/mol. The van der Waals surface area contributed by atoms with Crippen molar-refractivity contribution >= 4 is 0 Å². The third-order valence-corrected chi connectivity index (χ3v) is 3.68. The van der Waals surface area contributed by atoms with Crippen LogP contribution in [0.15, 0.2) is 30.9 Å². The normalized spacial score (nSPS) is 18.5. The maximum atomic E-state index is 14.3. The molecule has 116 valence electrons. The quantitative estimate of drug-likeness (QED) is 0.677. The van der Waals surface area contributed by atoms with Crippen LogP contribution in [0.2, 0.25) is 0 Å². The molecule has 1 aromatic rings.